The monoisotopic (exact) mass is 265 g/mol. The van der Waals surface area contributed by atoms with Gasteiger partial charge in [-0.1, -0.05) is 41.0 Å². The molecule has 0 radical (unpaired) electrons. The minimum atomic E-state index is 0.593. The molecule has 2 fully saturated rings. The van der Waals surface area contributed by atoms with E-state index in [0.29, 0.717) is 5.41 Å². The average molecular weight is 265 g/mol. The summed E-state index contributed by atoms with van der Waals surface area (Å²) in [6.45, 7) is 12.1. The molecule has 1 heteroatoms. The Morgan fingerprint density at radius 3 is 2.21 bits per heavy atom. The Balaban J connectivity index is 1.89. The van der Waals surface area contributed by atoms with Crippen LogP contribution in [0.25, 0.3) is 0 Å². The fourth-order valence-corrected chi connectivity index (χ4v) is 4.26. The van der Waals surface area contributed by atoms with Crippen LogP contribution in [0.5, 0.6) is 0 Å². The molecule has 0 aromatic rings. The molecule has 2 aliphatic rings. The van der Waals surface area contributed by atoms with Crippen molar-refractivity contribution in [1.82, 2.24) is 5.32 Å². The molecule has 2 aliphatic carbocycles. The van der Waals surface area contributed by atoms with E-state index in [1.54, 1.807) is 0 Å². The first-order valence-corrected chi connectivity index (χ1v) is 8.63. The number of hydrogen-bond acceptors (Lipinski definition) is 1. The summed E-state index contributed by atoms with van der Waals surface area (Å²) >= 11 is 0. The summed E-state index contributed by atoms with van der Waals surface area (Å²) in [6.07, 6.45) is 9.88. The van der Waals surface area contributed by atoms with Gasteiger partial charge in [-0.2, -0.15) is 0 Å². The van der Waals surface area contributed by atoms with Crippen molar-refractivity contribution in [3.05, 3.63) is 0 Å². The molecule has 0 saturated heterocycles. The van der Waals surface area contributed by atoms with Gasteiger partial charge in [-0.05, 0) is 61.7 Å². The fourth-order valence-electron chi connectivity index (χ4n) is 4.26. The van der Waals surface area contributed by atoms with Gasteiger partial charge in [0.25, 0.3) is 0 Å². The lowest BCUT2D eigenvalue weighted by Gasteiger charge is -2.42. The molecule has 0 bridgehead atoms. The van der Waals surface area contributed by atoms with Gasteiger partial charge in [-0.15, -0.1) is 0 Å². The summed E-state index contributed by atoms with van der Waals surface area (Å²) in [7, 11) is 0. The average Bonchev–Trinajstić information content (AvgIpc) is 2.31. The number of hydrogen-bond donors (Lipinski definition) is 1. The van der Waals surface area contributed by atoms with Crippen LogP contribution < -0.4 is 5.32 Å². The molecule has 0 heterocycles. The van der Waals surface area contributed by atoms with E-state index in [1.807, 2.05) is 0 Å². The van der Waals surface area contributed by atoms with Crippen molar-refractivity contribution in [2.24, 2.45) is 23.2 Å². The lowest BCUT2D eigenvalue weighted by Crippen LogP contribution is -2.48. The fraction of sp³-hybridized carbons (Fsp3) is 1.00. The summed E-state index contributed by atoms with van der Waals surface area (Å²) in [5.74, 6) is 2.67. The van der Waals surface area contributed by atoms with Crippen molar-refractivity contribution < 1.29 is 0 Å². The van der Waals surface area contributed by atoms with Crippen LogP contribution in [-0.2, 0) is 0 Å². The third-order valence-electron chi connectivity index (χ3n) is 5.81. The highest BCUT2D eigenvalue weighted by Gasteiger charge is 2.34. The molecule has 0 aliphatic heterocycles. The molecule has 1 nitrogen and oxygen atoms in total. The molecule has 2 saturated carbocycles. The van der Waals surface area contributed by atoms with Gasteiger partial charge in [0, 0.05) is 12.1 Å². The van der Waals surface area contributed by atoms with E-state index in [0.717, 1.165) is 29.8 Å². The first-order valence-electron chi connectivity index (χ1n) is 8.63. The summed E-state index contributed by atoms with van der Waals surface area (Å²) in [6, 6.07) is 1.58. The molecule has 3 atom stereocenters. The first kappa shape index (κ1) is 15.4. The van der Waals surface area contributed by atoms with Gasteiger partial charge in [0.15, 0.2) is 0 Å². The maximum atomic E-state index is 4.06. The van der Waals surface area contributed by atoms with E-state index >= 15 is 0 Å². The van der Waals surface area contributed by atoms with E-state index in [9.17, 15) is 0 Å². The van der Waals surface area contributed by atoms with Gasteiger partial charge in [-0.25, -0.2) is 0 Å². The van der Waals surface area contributed by atoms with Crippen LogP contribution in [0.2, 0.25) is 0 Å². The van der Waals surface area contributed by atoms with Crippen molar-refractivity contribution in [1.29, 1.82) is 0 Å². The van der Waals surface area contributed by atoms with Crippen LogP contribution in [0.3, 0.4) is 0 Å². The SMILES string of the molecule is CC1CCC(C(C)C)C(NC2CCC(C)(C)CC2)C1. The second kappa shape index (κ2) is 6.16. The van der Waals surface area contributed by atoms with Gasteiger partial charge in [0.2, 0.25) is 0 Å². The van der Waals surface area contributed by atoms with Crippen LogP contribution in [0, 0.1) is 23.2 Å². The van der Waals surface area contributed by atoms with Crippen LogP contribution in [0.15, 0.2) is 0 Å². The molecule has 0 spiro atoms. The zero-order chi connectivity index (χ0) is 14.0. The lowest BCUT2D eigenvalue weighted by molar-refractivity contribution is 0.132. The Labute approximate surface area is 120 Å². The predicted octanol–water partition coefficient (Wildman–Crippen LogP) is 5.01. The highest BCUT2D eigenvalue weighted by molar-refractivity contribution is 4.90. The Kier molecular flexibility index (Phi) is 4.98. The maximum Gasteiger partial charge on any atom is 0.0103 e. The molecular formula is C18H35N. The summed E-state index contributed by atoms with van der Waals surface area (Å²) < 4.78 is 0. The highest BCUT2D eigenvalue weighted by atomic mass is 15.0. The molecule has 2 rings (SSSR count). The first-order chi connectivity index (χ1) is 8.87. The molecule has 0 aromatic heterocycles. The molecule has 0 amide bonds. The third-order valence-corrected chi connectivity index (χ3v) is 5.81. The molecule has 19 heavy (non-hydrogen) atoms. The maximum absolute atomic E-state index is 4.06. The quantitative estimate of drug-likeness (QED) is 0.756. The van der Waals surface area contributed by atoms with Crippen LogP contribution in [-0.4, -0.2) is 12.1 Å². The van der Waals surface area contributed by atoms with Gasteiger partial charge in [0.05, 0.1) is 0 Å². The van der Waals surface area contributed by atoms with Crippen molar-refractivity contribution >= 4 is 0 Å². The second-order valence-corrected chi connectivity index (χ2v) is 8.54. The Morgan fingerprint density at radius 1 is 1.00 bits per heavy atom. The normalized spacial score (nSPS) is 36.6. The Morgan fingerprint density at radius 2 is 1.63 bits per heavy atom. The smallest absolute Gasteiger partial charge is 0.0103 e. The van der Waals surface area contributed by atoms with Crippen molar-refractivity contribution in [3.8, 4) is 0 Å². The van der Waals surface area contributed by atoms with Crippen LogP contribution in [0.1, 0.15) is 79.6 Å². The van der Waals surface area contributed by atoms with Crippen LogP contribution in [0.4, 0.5) is 0 Å². The van der Waals surface area contributed by atoms with E-state index in [1.165, 1.54) is 44.9 Å². The van der Waals surface area contributed by atoms with Gasteiger partial charge in [0.1, 0.15) is 0 Å². The third kappa shape index (κ3) is 4.21. The second-order valence-electron chi connectivity index (χ2n) is 8.54. The Hall–Kier alpha value is -0.0400. The minimum Gasteiger partial charge on any atom is -0.311 e. The topological polar surface area (TPSA) is 12.0 Å². The highest BCUT2D eigenvalue weighted by Crippen LogP contribution is 2.38. The zero-order valence-electron chi connectivity index (χ0n) is 13.8. The minimum absolute atomic E-state index is 0.593. The van der Waals surface area contributed by atoms with Crippen molar-refractivity contribution in [2.45, 2.75) is 91.6 Å². The molecular weight excluding hydrogens is 230 g/mol. The zero-order valence-corrected chi connectivity index (χ0v) is 13.8. The van der Waals surface area contributed by atoms with Crippen molar-refractivity contribution in [3.63, 3.8) is 0 Å². The largest absolute Gasteiger partial charge is 0.311 e. The van der Waals surface area contributed by atoms with E-state index in [4.69, 9.17) is 0 Å². The van der Waals surface area contributed by atoms with Gasteiger partial charge < -0.3 is 5.32 Å². The lowest BCUT2D eigenvalue weighted by atomic mass is 9.72. The molecule has 112 valence electrons. The number of nitrogens with one attached hydrogen (secondary N) is 1. The summed E-state index contributed by atoms with van der Waals surface area (Å²) in [4.78, 5) is 0. The summed E-state index contributed by atoms with van der Waals surface area (Å²) in [5, 5.41) is 4.06. The van der Waals surface area contributed by atoms with Crippen LogP contribution >= 0.6 is 0 Å². The predicted molar refractivity (Wildman–Crippen MR) is 84.3 cm³/mol. The van der Waals surface area contributed by atoms with E-state index < -0.39 is 0 Å². The number of rotatable bonds is 3. The molecule has 0 aromatic carbocycles. The van der Waals surface area contributed by atoms with Gasteiger partial charge >= 0.3 is 0 Å². The van der Waals surface area contributed by atoms with E-state index in [-0.39, 0.29) is 0 Å². The van der Waals surface area contributed by atoms with E-state index in [2.05, 4.69) is 39.9 Å². The molecule has 3 unspecified atom stereocenters. The Bertz CT molecular complexity index is 271. The van der Waals surface area contributed by atoms with Crippen molar-refractivity contribution in [2.75, 3.05) is 0 Å². The van der Waals surface area contributed by atoms with Gasteiger partial charge in [-0.3, -0.25) is 0 Å². The standard InChI is InChI=1S/C18H35N/c1-13(2)16-7-6-14(3)12-17(16)19-15-8-10-18(4,5)11-9-15/h13-17,19H,6-12H2,1-5H3. The summed E-state index contributed by atoms with van der Waals surface area (Å²) in [5.41, 5.74) is 0.593. The molecule has 1 N–H and O–H groups in total.